The van der Waals surface area contributed by atoms with E-state index in [1.54, 1.807) is 25.1 Å². The largest absolute Gasteiger partial charge is 0.484 e. The number of hydrogen-bond donors (Lipinski definition) is 1. The standard InChI is InChI=1S/C26H35FN2O3/c1-18(24(31)28-26(5,6)7)29(16-19-10-8-9-11-22(19)27)23(30)17-32-21-14-12-20(13-15-21)25(2,3)4/h8-15,18H,16-17H2,1-7H3,(H,28,31). The third-order valence-corrected chi connectivity index (χ3v) is 5.05. The van der Waals surface area contributed by atoms with Crippen molar-refractivity contribution in [1.82, 2.24) is 10.2 Å². The molecule has 1 N–H and O–H groups in total. The van der Waals surface area contributed by atoms with E-state index < -0.39 is 23.3 Å². The molecule has 0 aliphatic heterocycles. The second kappa shape index (κ2) is 10.2. The van der Waals surface area contributed by atoms with E-state index in [4.69, 9.17) is 4.74 Å². The Hall–Kier alpha value is -2.89. The topological polar surface area (TPSA) is 58.6 Å². The van der Waals surface area contributed by atoms with Gasteiger partial charge in [0, 0.05) is 17.6 Å². The molecule has 0 heterocycles. The van der Waals surface area contributed by atoms with Gasteiger partial charge in [0.1, 0.15) is 17.6 Å². The number of benzene rings is 2. The van der Waals surface area contributed by atoms with Crippen LogP contribution in [0.4, 0.5) is 4.39 Å². The summed E-state index contributed by atoms with van der Waals surface area (Å²) in [5.74, 6) is -0.571. The molecule has 32 heavy (non-hydrogen) atoms. The van der Waals surface area contributed by atoms with Gasteiger partial charge in [-0.15, -0.1) is 0 Å². The molecule has 174 valence electrons. The summed E-state index contributed by atoms with van der Waals surface area (Å²) >= 11 is 0. The number of carbonyl (C=O) groups excluding carboxylic acids is 2. The molecule has 0 spiro atoms. The van der Waals surface area contributed by atoms with Crippen LogP contribution in [0.25, 0.3) is 0 Å². The molecule has 0 saturated carbocycles. The van der Waals surface area contributed by atoms with Crippen LogP contribution in [0, 0.1) is 5.82 Å². The first-order chi connectivity index (χ1) is 14.8. The van der Waals surface area contributed by atoms with Crippen molar-refractivity contribution in [2.24, 2.45) is 0 Å². The summed E-state index contributed by atoms with van der Waals surface area (Å²) in [6.07, 6.45) is 0. The van der Waals surface area contributed by atoms with Gasteiger partial charge in [0.2, 0.25) is 5.91 Å². The average Bonchev–Trinajstić information content (AvgIpc) is 2.69. The van der Waals surface area contributed by atoms with Crippen molar-refractivity contribution in [3.63, 3.8) is 0 Å². The molecule has 0 aromatic heterocycles. The molecule has 0 aliphatic rings. The molecule has 2 aromatic rings. The van der Waals surface area contributed by atoms with Crippen LogP contribution in [0.15, 0.2) is 48.5 Å². The van der Waals surface area contributed by atoms with Crippen molar-refractivity contribution in [1.29, 1.82) is 0 Å². The minimum Gasteiger partial charge on any atom is -0.484 e. The lowest BCUT2D eigenvalue weighted by Gasteiger charge is -2.31. The van der Waals surface area contributed by atoms with Gasteiger partial charge < -0.3 is 15.0 Å². The highest BCUT2D eigenvalue weighted by molar-refractivity contribution is 5.88. The number of ether oxygens (including phenoxy) is 1. The molecule has 1 atom stereocenters. The minimum absolute atomic E-state index is 0.0146. The maximum absolute atomic E-state index is 14.3. The highest BCUT2D eigenvalue weighted by Crippen LogP contribution is 2.24. The van der Waals surface area contributed by atoms with E-state index in [-0.39, 0.29) is 24.5 Å². The zero-order valence-electron chi connectivity index (χ0n) is 20.2. The summed E-state index contributed by atoms with van der Waals surface area (Å²) in [6, 6.07) is 13.0. The van der Waals surface area contributed by atoms with Crippen molar-refractivity contribution < 1.29 is 18.7 Å². The third kappa shape index (κ3) is 7.36. The predicted molar refractivity (Wildman–Crippen MR) is 125 cm³/mol. The fourth-order valence-corrected chi connectivity index (χ4v) is 3.15. The fraction of sp³-hybridized carbons (Fsp3) is 0.462. The van der Waals surface area contributed by atoms with Crippen LogP contribution in [0.3, 0.4) is 0 Å². The van der Waals surface area contributed by atoms with Crippen molar-refractivity contribution >= 4 is 11.8 Å². The number of carbonyl (C=O) groups is 2. The molecule has 0 bridgehead atoms. The van der Waals surface area contributed by atoms with E-state index in [1.807, 2.05) is 45.0 Å². The van der Waals surface area contributed by atoms with Gasteiger partial charge in [0.05, 0.1) is 0 Å². The summed E-state index contributed by atoms with van der Waals surface area (Å²) in [5, 5.41) is 2.88. The molecule has 2 amide bonds. The fourth-order valence-electron chi connectivity index (χ4n) is 3.15. The summed E-state index contributed by atoms with van der Waals surface area (Å²) in [6.45, 7) is 13.3. The molecular weight excluding hydrogens is 407 g/mol. The maximum atomic E-state index is 14.3. The zero-order valence-corrected chi connectivity index (χ0v) is 20.2. The maximum Gasteiger partial charge on any atom is 0.261 e. The number of nitrogens with zero attached hydrogens (tertiary/aromatic N) is 1. The van der Waals surface area contributed by atoms with Crippen molar-refractivity contribution in [3.05, 3.63) is 65.5 Å². The zero-order chi connectivity index (χ0) is 24.1. The molecule has 6 heteroatoms. The summed E-state index contributed by atoms with van der Waals surface area (Å²) in [4.78, 5) is 27.2. The van der Waals surface area contributed by atoms with Gasteiger partial charge in [-0.3, -0.25) is 9.59 Å². The Bertz CT molecular complexity index is 927. The van der Waals surface area contributed by atoms with Crippen LogP contribution in [0.5, 0.6) is 5.75 Å². The molecule has 2 rings (SSSR count). The lowest BCUT2D eigenvalue weighted by Crippen LogP contribution is -2.53. The first-order valence-electron chi connectivity index (χ1n) is 10.9. The Morgan fingerprint density at radius 2 is 1.59 bits per heavy atom. The number of nitrogens with one attached hydrogen (secondary N) is 1. The monoisotopic (exact) mass is 442 g/mol. The van der Waals surface area contributed by atoms with Crippen LogP contribution >= 0.6 is 0 Å². The van der Waals surface area contributed by atoms with E-state index in [0.717, 1.165) is 5.56 Å². The summed E-state index contributed by atoms with van der Waals surface area (Å²) < 4.78 is 20.0. The number of halogens is 1. The average molecular weight is 443 g/mol. The first kappa shape index (κ1) is 25.4. The van der Waals surface area contributed by atoms with Crippen LogP contribution in [0.1, 0.15) is 59.6 Å². The summed E-state index contributed by atoms with van der Waals surface area (Å²) in [7, 11) is 0. The second-order valence-corrected chi connectivity index (χ2v) is 10.1. The minimum atomic E-state index is -0.798. The molecular formula is C26H35FN2O3. The number of amides is 2. The van der Waals surface area contributed by atoms with Gasteiger partial charge in [-0.05, 0) is 56.9 Å². The van der Waals surface area contributed by atoms with Crippen LogP contribution in [-0.2, 0) is 21.5 Å². The van der Waals surface area contributed by atoms with Crippen LogP contribution in [0.2, 0.25) is 0 Å². The molecule has 0 radical (unpaired) electrons. The van der Waals surface area contributed by atoms with Gasteiger partial charge in [0.25, 0.3) is 5.91 Å². The highest BCUT2D eigenvalue weighted by Gasteiger charge is 2.29. The van der Waals surface area contributed by atoms with Crippen molar-refractivity contribution in [2.75, 3.05) is 6.61 Å². The van der Waals surface area contributed by atoms with Crippen molar-refractivity contribution in [3.8, 4) is 5.75 Å². The first-order valence-corrected chi connectivity index (χ1v) is 10.9. The van der Waals surface area contributed by atoms with Gasteiger partial charge in [-0.2, -0.15) is 0 Å². The summed E-state index contributed by atoms with van der Waals surface area (Å²) in [5.41, 5.74) is 1.06. The van der Waals surface area contributed by atoms with Gasteiger partial charge in [-0.25, -0.2) is 4.39 Å². The molecule has 5 nitrogen and oxygen atoms in total. The van der Waals surface area contributed by atoms with E-state index in [9.17, 15) is 14.0 Å². The normalized spacial score (nSPS) is 12.8. The molecule has 0 saturated heterocycles. The van der Waals surface area contributed by atoms with Crippen molar-refractivity contribution in [2.45, 2.75) is 72.0 Å². The lowest BCUT2D eigenvalue weighted by atomic mass is 9.87. The van der Waals surface area contributed by atoms with Crippen LogP contribution in [-0.4, -0.2) is 34.9 Å². The highest BCUT2D eigenvalue weighted by atomic mass is 19.1. The second-order valence-electron chi connectivity index (χ2n) is 10.1. The van der Waals surface area contributed by atoms with E-state index in [1.165, 1.54) is 11.0 Å². The Morgan fingerprint density at radius 3 is 2.12 bits per heavy atom. The van der Waals surface area contributed by atoms with Gasteiger partial charge >= 0.3 is 0 Å². The molecule has 2 aromatic carbocycles. The molecule has 0 aliphatic carbocycles. The molecule has 0 fully saturated rings. The lowest BCUT2D eigenvalue weighted by molar-refractivity contribution is -0.142. The quantitative estimate of drug-likeness (QED) is 0.668. The smallest absolute Gasteiger partial charge is 0.261 e. The predicted octanol–water partition coefficient (Wildman–Crippen LogP) is 4.83. The number of rotatable bonds is 7. The third-order valence-electron chi connectivity index (χ3n) is 5.05. The Balaban J connectivity index is 2.17. The molecule has 1 unspecified atom stereocenters. The van der Waals surface area contributed by atoms with E-state index >= 15 is 0 Å². The van der Waals surface area contributed by atoms with E-state index in [2.05, 4.69) is 26.1 Å². The SMILES string of the molecule is CC(C(=O)NC(C)(C)C)N(Cc1ccccc1F)C(=O)COc1ccc(C(C)(C)C)cc1. The van der Waals surface area contributed by atoms with Crippen LogP contribution < -0.4 is 10.1 Å². The van der Waals surface area contributed by atoms with Gasteiger partial charge in [-0.1, -0.05) is 51.1 Å². The number of hydrogen-bond acceptors (Lipinski definition) is 3. The van der Waals surface area contributed by atoms with E-state index in [0.29, 0.717) is 11.3 Å². The Morgan fingerprint density at radius 1 is 1.00 bits per heavy atom. The Kier molecular flexibility index (Phi) is 8.05. The Labute approximate surface area is 191 Å². The van der Waals surface area contributed by atoms with Gasteiger partial charge in [0.15, 0.2) is 6.61 Å².